The van der Waals surface area contributed by atoms with Gasteiger partial charge in [-0.2, -0.15) is 8.42 Å². The van der Waals surface area contributed by atoms with E-state index >= 15 is 0 Å². The Bertz CT molecular complexity index is 329. The van der Waals surface area contributed by atoms with Gasteiger partial charge in [0.25, 0.3) is 0 Å². The Morgan fingerprint density at radius 1 is 1.31 bits per heavy atom. The van der Waals surface area contributed by atoms with Crippen LogP contribution in [0.1, 0.15) is 0 Å². The summed E-state index contributed by atoms with van der Waals surface area (Å²) in [5.74, 6) is 0. The summed E-state index contributed by atoms with van der Waals surface area (Å²) in [7, 11) is -4.81. The molecule has 1 saturated heterocycles. The molecule has 0 radical (unpaired) electrons. The molecule has 9 nitrogen and oxygen atoms in total. The normalized spacial score (nSPS) is 40.9. The zero-order valence-electron chi connectivity index (χ0n) is 8.00. The topological polar surface area (TPSA) is 160 Å². The minimum atomic E-state index is -4.81. The molecule has 0 spiro atoms. The summed E-state index contributed by atoms with van der Waals surface area (Å²) in [6.45, 7) is -0.670. The fraction of sp³-hybridized carbons (Fsp3) is 1.00. The first-order valence-corrected chi connectivity index (χ1v) is 5.66. The second-order valence-corrected chi connectivity index (χ2v) is 4.36. The number of aliphatic hydroxyl groups is 3. The highest BCUT2D eigenvalue weighted by atomic mass is 32.3. The summed E-state index contributed by atoms with van der Waals surface area (Å²) in [5, 5.41) is 27.5. The van der Waals surface area contributed by atoms with Gasteiger partial charge in [0.1, 0.15) is 18.3 Å². The number of rotatable bonds is 3. The van der Waals surface area contributed by atoms with Gasteiger partial charge in [-0.15, -0.1) is 0 Å². The fourth-order valence-electron chi connectivity index (χ4n) is 1.31. The molecule has 16 heavy (non-hydrogen) atoms. The highest BCUT2D eigenvalue weighted by Gasteiger charge is 2.44. The molecule has 1 fully saturated rings. The molecule has 0 saturated carbocycles. The van der Waals surface area contributed by atoms with Gasteiger partial charge in [-0.05, 0) is 0 Å². The van der Waals surface area contributed by atoms with Crippen LogP contribution in [-0.2, 0) is 19.3 Å². The van der Waals surface area contributed by atoms with Gasteiger partial charge >= 0.3 is 10.4 Å². The zero-order valence-corrected chi connectivity index (χ0v) is 8.82. The Morgan fingerprint density at radius 3 is 2.31 bits per heavy atom. The van der Waals surface area contributed by atoms with Crippen LogP contribution in [0.3, 0.4) is 0 Å². The Hall–Kier alpha value is -0.330. The maximum atomic E-state index is 10.4. The molecule has 0 aromatic heterocycles. The van der Waals surface area contributed by atoms with E-state index in [1.807, 2.05) is 0 Å². The van der Waals surface area contributed by atoms with Crippen molar-refractivity contribution in [3.05, 3.63) is 0 Å². The highest BCUT2D eigenvalue weighted by Crippen LogP contribution is 2.21. The van der Waals surface area contributed by atoms with E-state index < -0.39 is 47.6 Å². The molecule has 0 aromatic carbocycles. The van der Waals surface area contributed by atoms with Gasteiger partial charge < -0.3 is 25.8 Å². The van der Waals surface area contributed by atoms with E-state index in [2.05, 4.69) is 4.18 Å². The molecule has 0 aromatic rings. The lowest BCUT2D eigenvalue weighted by atomic mass is 9.98. The van der Waals surface area contributed by atoms with Crippen LogP contribution in [0.4, 0.5) is 0 Å². The van der Waals surface area contributed by atoms with Crippen LogP contribution in [0, 0.1) is 0 Å². The van der Waals surface area contributed by atoms with Crippen molar-refractivity contribution < 1.29 is 37.2 Å². The SMILES string of the molecule is N[C@H]1C(OS(=O)(=O)O)O[C@H](CO)[C@@H](O)[C@@H]1O. The third kappa shape index (κ3) is 3.09. The van der Waals surface area contributed by atoms with Gasteiger partial charge in [0.2, 0.25) is 0 Å². The Kier molecular flexibility index (Phi) is 4.20. The molecule has 0 amide bonds. The molecule has 1 unspecified atom stereocenters. The van der Waals surface area contributed by atoms with Crippen molar-refractivity contribution in [2.45, 2.75) is 30.6 Å². The highest BCUT2D eigenvalue weighted by molar-refractivity contribution is 7.80. The second-order valence-electron chi connectivity index (χ2n) is 3.31. The van der Waals surface area contributed by atoms with Gasteiger partial charge in [0.05, 0.1) is 12.6 Å². The van der Waals surface area contributed by atoms with E-state index in [1.54, 1.807) is 0 Å². The summed E-state index contributed by atoms with van der Waals surface area (Å²) in [6.07, 6.45) is -5.94. The molecule has 10 heteroatoms. The first-order valence-electron chi connectivity index (χ1n) is 4.30. The van der Waals surface area contributed by atoms with Gasteiger partial charge in [0.15, 0.2) is 6.29 Å². The average Bonchev–Trinajstić information content (AvgIpc) is 2.17. The van der Waals surface area contributed by atoms with Crippen molar-refractivity contribution in [2.24, 2.45) is 5.73 Å². The average molecular weight is 259 g/mol. The number of aliphatic hydroxyl groups excluding tert-OH is 3. The minimum Gasteiger partial charge on any atom is -0.394 e. The lowest BCUT2D eigenvalue weighted by molar-refractivity contribution is -0.239. The summed E-state index contributed by atoms with van der Waals surface area (Å²) in [5.41, 5.74) is 5.32. The molecule has 5 atom stereocenters. The van der Waals surface area contributed by atoms with Crippen molar-refractivity contribution in [3.63, 3.8) is 0 Å². The van der Waals surface area contributed by atoms with Crippen LogP contribution >= 0.6 is 0 Å². The quantitative estimate of drug-likeness (QED) is 0.325. The molecule has 1 rings (SSSR count). The third-order valence-electron chi connectivity index (χ3n) is 2.14. The first-order chi connectivity index (χ1) is 7.26. The van der Waals surface area contributed by atoms with E-state index in [9.17, 15) is 18.6 Å². The first kappa shape index (κ1) is 13.7. The minimum absolute atomic E-state index is 0.670. The Balaban J connectivity index is 2.79. The van der Waals surface area contributed by atoms with Gasteiger partial charge in [-0.25, -0.2) is 4.18 Å². The summed E-state index contributed by atoms with van der Waals surface area (Å²) < 4.78 is 38.0. The number of ether oxygens (including phenoxy) is 1. The smallest absolute Gasteiger partial charge is 0.394 e. The van der Waals surface area contributed by atoms with E-state index in [0.29, 0.717) is 0 Å². The zero-order chi connectivity index (χ0) is 12.5. The van der Waals surface area contributed by atoms with E-state index in [4.69, 9.17) is 20.1 Å². The van der Waals surface area contributed by atoms with Crippen molar-refractivity contribution >= 4 is 10.4 Å². The van der Waals surface area contributed by atoms with Crippen molar-refractivity contribution in [2.75, 3.05) is 6.61 Å². The van der Waals surface area contributed by atoms with Crippen LogP contribution in [0.2, 0.25) is 0 Å². The van der Waals surface area contributed by atoms with Crippen LogP contribution in [0.25, 0.3) is 0 Å². The Labute approximate surface area is 91.3 Å². The third-order valence-corrected chi connectivity index (χ3v) is 2.58. The van der Waals surface area contributed by atoms with E-state index in [-0.39, 0.29) is 0 Å². The van der Waals surface area contributed by atoms with Crippen LogP contribution in [-0.4, -0.2) is 65.5 Å². The molecule has 1 aliphatic heterocycles. The van der Waals surface area contributed by atoms with E-state index in [0.717, 1.165) is 0 Å². The number of hydrogen-bond acceptors (Lipinski definition) is 8. The lowest BCUT2D eigenvalue weighted by Gasteiger charge is -2.39. The monoisotopic (exact) mass is 259 g/mol. The Morgan fingerprint density at radius 2 is 1.88 bits per heavy atom. The van der Waals surface area contributed by atoms with E-state index in [1.165, 1.54) is 0 Å². The summed E-state index contributed by atoms with van der Waals surface area (Å²) in [6, 6.07) is -1.38. The molecule has 6 N–H and O–H groups in total. The maximum Gasteiger partial charge on any atom is 0.399 e. The summed E-state index contributed by atoms with van der Waals surface area (Å²) >= 11 is 0. The standard InChI is InChI=1S/C6H13NO8S/c7-3-5(10)4(9)2(1-8)14-6(3)15-16(11,12)13/h2-6,8-10H,1,7H2,(H,11,12,13)/t2-,3-,4-,5-,6?/m1/s1. The second kappa shape index (κ2) is 4.89. The predicted molar refractivity (Wildman–Crippen MR) is 48.4 cm³/mol. The molecule has 0 bridgehead atoms. The fourth-order valence-corrected chi connectivity index (χ4v) is 1.72. The van der Waals surface area contributed by atoms with Gasteiger partial charge in [0, 0.05) is 0 Å². The number of nitrogens with two attached hydrogens (primary N) is 1. The molecular weight excluding hydrogens is 246 g/mol. The molecule has 0 aliphatic carbocycles. The molecule has 96 valence electrons. The largest absolute Gasteiger partial charge is 0.399 e. The lowest BCUT2D eigenvalue weighted by Crippen LogP contribution is -2.62. The van der Waals surface area contributed by atoms with Crippen molar-refractivity contribution in [1.82, 2.24) is 0 Å². The molecule has 1 heterocycles. The molecular formula is C6H13NO8S. The van der Waals surface area contributed by atoms with Crippen LogP contribution in [0.5, 0.6) is 0 Å². The van der Waals surface area contributed by atoms with Crippen molar-refractivity contribution in [1.29, 1.82) is 0 Å². The molecule has 1 aliphatic rings. The number of hydrogen-bond donors (Lipinski definition) is 5. The maximum absolute atomic E-state index is 10.4. The van der Waals surface area contributed by atoms with Crippen LogP contribution in [0.15, 0.2) is 0 Å². The predicted octanol–water partition coefficient (Wildman–Crippen LogP) is -3.43. The summed E-state index contributed by atoms with van der Waals surface area (Å²) in [4.78, 5) is 0. The van der Waals surface area contributed by atoms with Gasteiger partial charge in [-0.1, -0.05) is 0 Å². The van der Waals surface area contributed by atoms with Crippen LogP contribution < -0.4 is 5.73 Å². The van der Waals surface area contributed by atoms with Gasteiger partial charge in [-0.3, -0.25) is 4.55 Å². The van der Waals surface area contributed by atoms with Crippen molar-refractivity contribution in [3.8, 4) is 0 Å².